The molecule has 4 nitrogen and oxygen atoms in total. The van der Waals surface area contributed by atoms with Crippen molar-refractivity contribution in [1.29, 1.82) is 0 Å². The van der Waals surface area contributed by atoms with Crippen LogP contribution in [0.3, 0.4) is 0 Å². The van der Waals surface area contributed by atoms with Crippen LogP contribution in [0.25, 0.3) is 0 Å². The van der Waals surface area contributed by atoms with E-state index < -0.39 is 11.7 Å². The number of benzene rings is 2. The number of rotatable bonds is 7. The van der Waals surface area contributed by atoms with Crippen LogP contribution in [0.4, 0.5) is 24.7 Å². The van der Waals surface area contributed by atoms with Gasteiger partial charge in [-0.1, -0.05) is 54.1 Å². The number of hydrogen-bond donors (Lipinski definition) is 1. The number of aromatic nitrogens is 1. The minimum absolute atomic E-state index is 0.0533. The van der Waals surface area contributed by atoms with Gasteiger partial charge < -0.3 is 4.90 Å². The summed E-state index contributed by atoms with van der Waals surface area (Å²) >= 11 is 5.85. The Morgan fingerprint density at radius 3 is 2.40 bits per heavy atom. The van der Waals surface area contributed by atoms with Crippen LogP contribution >= 0.6 is 11.6 Å². The average molecular weight is 433 g/mol. The van der Waals surface area contributed by atoms with E-state index in [0.717, 1.165) is 30.4 Å². The van der Waals surface area contributed by atoms with Gasteiger partial charge in [0.25, 0.3) is 0 Å². The van der Waals surface area contributed by atoms with E-state index in [1.165, 1.54) is 5.56 Å². The average Bonchev–Trinajstić information content (AvgIpc) is 2.74. The lowest BCUT2D eigenvalue weighted by Crippen LogP contribution is -2.21. The summed E-state index contributed by atoms with van der Waals surface area (Å²) in [6, 6.07) is 18.9. The first kappa shape index (κ1) is 21.6. The Morgan fingerprint density at radius 2 is 1.80 bits per heavy atom. The normalized spacial score (nSPS) is 11.6. The molecule has 0 atom stereocenters. The van der Waals surface area contributed by atoms with E-state index in [4.69, 9.17) is 11.6 Å². The van der Waals surface area contributed by atoms with Gasteiger partial charge in [0.05, 0.1) is 16.8 Å². The van der Waals surface area contributed by atoms with Gasteiger partial charge in [0.1, 0.15) is 0 Å². The maximum absolute atomic E-state index is 12.7. The first-order valence-corrected chi connectivity index (χ1v) is 9.65. The fourth-order valence-corrected chi connectivity index (χ4v) is 3.01. The highest BCUT2D eigenvalue weighted by molar-refractivity contribution is 6.32. The van der Waals surface area contributed by atoms with Crippen LogP contribution in [-0.4, -0.2) is 17.7 Å². The molecule has 3 rings (SSSR count). The van der Waals surface area contributed by atoms with E-state index in [1.807, 2.05) is 42.5 Å². The topological polar surface area (TPSA) is 40.5 Å². The van der Waals surface area contributed by atoms with Crippen LogP contribution in [0, 0.1) is 0 Å². The minimum atomic E-state index is -4.49. The van der Waals surface area contributed by atoms with E-state index in [2.05, 4.69) is 39.5 Å². The summed E-state index contributed by atoms with van der Waals surface area (Å²) in [6.45, 7) is 3.77. The molecule has 0 radical (unpaired) electrons. The largest absolute Gasteiger partial charge is 0.417 e. The van der Waals surface area contributed by atoms with Crippen LogP contribution in [0.5, 0.6) is 0 Å². The van der Waals surface area contributed by atoms with Crippen LogP contribution < -0.4 is 10.3 Å². The summed E-state index contributed by atoms with van der Waals surface area (Å²) in [7, 11) is 0. The number of hydrogen-bond acceptors (Lipinski definition) is 4. The van der Waals surface area contributed by atoms with Crippen molar-refractivity contribution in [3.63, 3.8) is 0 Å². The quantitative estimate of drug-likeness (QED) is 0.355. The zero-order chi connectivity index (χ0) is 21.6. The predicted octanol–water partition coefficient (Wildman–Crippen LogP) is 6.23. The van der Waals surface area contributed by atoms with Gasteiger partial charge in [0, 0.05) is 25.0 Å². The third-order valence-corrected chi connectivity index (χ3v) is 4.70. The SMILES string of the molecule is CCN(Cc1ccccc1)c1ccc(C=NNc2ncc(C(F)(F)F)cc2Cl)cc1. The molecule has 0 aliphatic heterocycles. The molecule has 0 saturated heterocycles. The Hall–Kier alpha value is -3.06. The van der Waals surface area contributed by atoms with Gasteiger partial charge in [-0.3, -0.25) is 5.43 Å². The van der Waals surface area contributed by atoms with Crippen LogP contribution in [0.1, 0.15) is 23.6 Å². The summed E-state index contributed by atoms with van der Waals surface area (Å²) in [6.07, 6.45) is -2.23. The third-order valence-electron chi connectivity index (χ3n) is 4.41. The number of alkyl halides is 3. The molecule has 1 heterocycles. The number of hydrazone groups is 1. The Morgan fingerprint density at radius 1 is 1.10 bits per heavy atom. The second kappa shape index (κ2) is 9.63. The molecule has 1 N–H and O–H groups in total. The molecule has 2 aromatic carbocycles. The molecule has 0 fully saturated rings. The molecule has 0 bridgehead atoms. The summed E-state index contributed by atoms with van der Waals surface area (Å²) in [5, 5.41) is 3.85. The van der Waals surface area contributed by atoms with E-state index in [9.17, 15) is 13.2 Å². The number of halogens is 4. The zero-order valence-electron chi connectivity index (χ0n) is 16.2. The summed E-state index contributed by atoms with van der Waals surface area (Å²) in [4.78, 5) is 5.93. The first-order valence-electron chi connectivity index (χ1n) is 9.27. The molecule has 0 aliphatic carbocycles. The third kappa shape index (κ3) is 5.73. The lowest BCUT2D eigenvalue weighted by atomic mass is 10.1. The maximum Gasteiger partial charge on any atom is 0.417 e. The Bertz CT molecular complexity index is 990. The van der Waals surface area contributed by atoms with Crippen molar-refractivity contribution < 1.29 is 13.2 Å². The van der Waals surface area contributed by atoms with Crippen LogP contribution in [0.15, 0.2) is 72.0 Å². The molecule has 0 spiro atoms. The molecule has 3 aromatic rings. The summed E-state index contributed by atoms with van der Waals surface area (Å²) in [5.41, 5.74) is 4.80. The maximum atomic E-state index is 12.7. The standard InChI is InChI=1S/C22H20ClF3N4/c1-2-30(15-17-6-4-3-5-7-17)19-10-8-16(9-11-19)13-28-29-21-20(23)12-18(14-27-21)22(24,25)26/h3-14H,2,15H2,1H3,(H,27,29). The molecule has 0 unspecified atom stereocenters. The van der Waals surface area contributed by atoms with Crippen molar-refractivity contribution in [2.45, 2.75) is 19.6 Å². The van der Waals surface area contributed by atoms with Gasteiger partial charge in [-0.2, -0.15) is 18.3 Å². The highest BCUT2D eigenvalue weighted by Gasteiger charge is 2.31. The number of anilines is 2. The molecular weight excluding hydrogens is 413 g/mol. The lowest BCUT2D eigenvalue weighted by Gasteiger charge is -2.23. The van der Waals surface area contributed by atoms with Crippen LogP contribution in [-0.2, 0) is 12.7 Å². The predicted molar refractivity (Wildman–Crippen MR) is 115 cm³/mol. The van der Waals surface area contributed by atoms with Crippen molar-refractivity contribution in [2.24, 2.45) is 5.10 Å². The fraction of sp³-hybridized carbons (Fsp3) is 0.182. The first-order chi connectivity index (χ1) is 14.4. The molecule has 0 aliphatic rings. The van der Waals surface area contributed by atoms with Crippen molar-refractivity contribution in [1.82, 2.24) is 4.98 Å². The molecule has 0 saturated carbocycles. The second-order valence-corrected chi connectivity index (χ2v) is 6.92. The zero-order valence-corrected chi connectivity index (χ0v) is 17.0. The van der Waals surface area contributed by atoms with Gasteiger partial charge in [-0.25, -0.2) is 4.98 Å². The van der Waals surface area contributed by atoms with Crippen molar-refractivity contribution >= 4 is 29.3 Å². The molecule has 156 valence electrons. The molecule has 0 amide bonds. The number of pyridine rings is 1. The Balaban J connectivity index is 1.63. The van der Waals surface area contributed by atoms with Gasteiger partial charge in [0.15, 0.2) is 5.82 Å². The fourth-order valence-electron chi connectivity index (χ4n) is 2.80. The van der Waals surface area contributed by atoms with Crippen LogP contribution in [0.2, 0.25) is 5.02 Å². The van der Waals surface area contributed by atoms with E-state index in [1.54, 1.807) is 6.21 Å². The smallest absolute Gasteiger partial charge is 0.367 e. The van der Waals surface area contributed by atoms with Crippen molar-refractivity contribution in [3.05, 3.63) is 88.6 Å². The number of nitrogens with one attached hydrogen (secondary N) is 1. The van der Waals surface area contributed by atoms with Gasteiger partial charge in [0.2, 0.25) is 0 Å². The molecular formula is C22H20ClF3N4. The molecule has 1 aromatic heterocycles. The minimum Gasteiger partial charge on any atom is -0.367 e. The summed E-state index contributed by atoms with van der Waals surface area (Å²) < 4.78 is 38.0. The summed E-state index contributed by atoms with van der Waals surface area (Å²) in [5.74, 6) is 0.0533. The Kier molecular flexibility index (Phi) is 6.95. The molecule has 30 heavy (non-hydrogen) atoms. The monoisotopic (exact) mass is 432 g/mol. The van der Waals surface area contributed by atoms with E-state index >= 15 is 0 Å². The van der Waals surface area contributed by atoms with E-state index in [-0.39, 0.29) is 10.8 Å². The second-order valence-electron chi connectivity index (χ2n) is 6.51. The highest BCUT2D eigenvalue weighted by Crippen LogP contribution is 2.32. The van der Waals surface area contributed by atoms with Crippen molar-refractivity contribution in [3.8, 4) is 0 Å². The molecule has 8 heteroatoms. The Labute approximate surface area is 178 Å². The van der Waals surface area contributed by atoms with E-state index in [0.29, 0.717) is 6.20 Å². The van der Waals surface area contributed by atoms with Gasteiger partial charge in [-0.05, 0) is 36.2 Å². The number of nitrogens with zero attached hydrogens (tertiary/aromatic N) is 3. The lowest BCUT2D eigenvalue weighted by molar-refractivity contribution is -0.137. The van der Waals surface area contributed by atoms with Crippen molar-refractivity contribution in [2.75, 3.05) is 16.9 Å². The van der Waals surface area contributed by atoms with Gasteiger partial charge in [-0.15, -0.1) is 0 Å². The highest BCUT2D eigenvalue weighted by atomic mass is 35.5. The van der Waals surface area contributed by atoms with Gasteiger partial charge >= 0.3 is 6.18 Å².